The van der Waals surface area contributed by atoms with E-state index < -0.39 is 0 Å². The smallest absolute Gasteiger partial charge is 0.179 e. The molecule has 0 amide bonds. The van der Waals surface area contributed by atoms with Gasteiger partial charge < -0.3 is 4.57 Å². The predicted octanol–water partition coefficient (Wildman–Crippen LogP) is 11.0. The molecule has 1 atom stereocenters. The quantitative estimate of drug-likeness (QED) is 0.188. The van der Waals surface area contributed by atoms with E-state index in [1.54, 1.807) is 0 Å². The summed E-state index contributed by atoms with van der Waals surface area (Å²) in [6, 6.07) is 51.3. The monoisotopic (exact) mass is 641 g/mol. The topological polar surface area (TPSA) is 48.5 Å². The molecule has 10 rings (SSSR count). The van der Waals surface area contributed by atoms with Crippen molar-refractivity contribution in [2.45, 2.75) is 12.3 Å². The van der Waals surface area contributed by atoms with Crippen LogP contribution < -0.4 is 0 Å². The zero-order valence-electron chi connectivity index (χ0n) is 27.2. The molecule has 50 heavy (non-hydrogen) atoms. The Labute approximate surface area is 289 Å². The lowest BCUT2D eigenvalue weighted by Gasteiger charge is -2.15. The maximum Gasteiger partial charge on any atom is 0.179 e. The van der Waals surface area contributed by atoms with E-state index in [-0.39, 0.29) is 5.92 Å². The molecular weight excluding hydrogens is 611 g/mol. The van der Waals surface area contributed by atoms with Crippen LogP contribution in [0.25, 0.3) is 77.9 Å². The first kappa shape index (κ1) is 28.4. The highest BCUT2D eigenvalue weighted by Gasteiger charge is 2.20. The number of fused-ring (bicyclic) bond motifs is 6. The van der Waals surface area contributed by atoms with Crippen LogP contribution in [0.1, 0.15) is 18.0 Å². The minimum absolute atomic E-state index is 0.185. The lowest BCUT2D eigenvalue weighted by molar-refractivity contribution is 0.810. The van der Waals surface area contributed by atoms with Gasteiger partial charge in [-0.1, -0.05) is 115 Å². The molecule has 9 aromatic rings. The summed E-state index contributed by atoms with van der Waals surface area (Å²) in [4.78, 5) is 15.5. The van der Waals surface area contributed by atoms with E-state index in [2.05, 4.69) is 167 Å². The maximum atomic E-state index is 5.30. The molecule has 0 N–H and O–H groups in total. The summed E-state index contributed by atoms with van der Waals surface area (Å²) >= 11 is 0. The van der Waals surface area contributed by atoms with Crippen molar-refractivity contribution in [2.24, 2.45) is 0 Å². The summed E-state index contributed by atoms with van der Waals surface area (Å²) in [5.74, 6) is 1.64. The van der Waals surface area contributed by atoms with E-state index in [1.165, 1.54) is 32.6 Å². The van der Waals surface area contributed by atoms with Gasteiger partial charge in [0.25, 0.3) is 0 Å². The predicted molar refractivity (Wildman–Crippen MR) is 205 cm³/mol. The highest BCUT2D eigenvalue weighted by Crippen LogP contribution is 2.39. The van der Waals surface area contributed by atoms with Crippen LogP contribution in [-0.4, -0.2) is 24.1 Å². The molecule has 0 saturated carbocycles. The van der Waals surface area contributed by atoms with E-state index in [9.17, 15) is 0 Å². The molecule has 0 radical (unpaired) electrons. The summed E-state index contributed by atoms with van der Waals surface area (Å²) in [6.07, 6.45) is 9.53. The van der Waals surface area contributed by atoms with Gasteiger partial charge in [-0.25, -0.2) is 15.0 Å². The molecule has 5 nitrogen and oxygen atoms in total. The first-order valence-electron chi connectivity index (χ1n) is 17.1. The third-order valence-electron chi connectivity index (χ3n) is 9.85. The number of hydrogen-bond acceptors (Lipinski definition) is 3. The molecule has 5 heteroatoms. The van der Waals surface area contributed by atoms with Crippen molar-refractivity contribution in [1.82, 2.24) is 24.1 Å². The van der Waals surface area contributed by atoms with Crippen LogP contribution in [0.4, 0.5) is 0 Å². The zero-order chi connectivity index (χ0) is 33.0. The Morgan fingerprint density at radius 3 is 1.86 bits per heavy atom. The molecule has 0 aliphatic heterocycles. The number of para-hydroxylation sites is 3. The van der Waals surface area contributed by atoms with Gasteiger partial charge in [0.15, 0.2) is 5.82 Å². The van der Waals surface area contributed by atoms with Crippen molar-refractivity contribution >= 4 is 43.6 Å². The average Bonchev–Trinajstić information content (AvgIpc) is 3.70. The van der Waals surface area contributed by atoms with E-state index in [0.29, 0.717) is 5.82 Å². The number of hydrogen-bond donors (Lipinski definition) is 0. The van der Waals surface area contributed by atoms with Crippen molar-refractivity contribution < 1.29 is 0 Å². The molecule has 0 spiro atoms. The normalized spacial score (nSPS) is 14.4. The van der Waals surface area contributed by atoms with Gasteiger partial charge >= 0.3 is 0 Å². The Kier molecular flexibility index (Phi) is 6.56. The van der Waals surface area contributed by atoms with Gasteiger partial charge in [0.05, 0.1) is 33.5 Å². The van der Waals surface area contributed by atoms with Gasteiger partial charge in [-0.3, -0.25) is 4.57 Å². The fourth-order valence-corrected chi connectivity index (χ4v) is 7.53. The van der Waals surface area contributed by atoms with Crippen LogP contribution in [0, 0.1) is 0 Å². The summed E-state index contributed by atoms with van der Waals surface area (Å²) < 4.78 is 4.67. The molecule has 4 aromatic heterocycles. The van der Waals surface area contributed by atoms with Crippen LogP contribution in [0.3, 0.4) is 0 Å². The lowest BCUT2D eigenvalue weighted by atomic mass is 9.96. The van der Waals surface area contributed by atoms with Crippen LogP contribution in [-0.2, 0) is 0 Å². The Morgan fingerprint density at radius 1 is 0.480 bits per heavy atom. The molecule has 1 aliphatic carbocycles. The van der Waals surface area contributed by atoms with Crippen molar-refractivity contribution in [2.75, 3.05) is 0 Å². The number of nitrogens with zero attached hydrogens (tertiary/aromatic N) is 5. The number of pyridine rings is 1. The Morgan fingerprint density at radius 2 is 1.14 bits per heavy atom. The molecular formula is C45H31N5. The van der Waals surface area contributed by atoms with Crippen LogP contribution in [0.2, 0.25) is 0 Å². The number of rotatable bonds is 5. The fourth-order valence-electron chi connectivity index (χ4n) is 7.53. The molecule has 236 valence electrons. The molecule has 0 saturated heterocycles. The number of allylic oxidation sites excluding steroid dienone is 4. The highest BCUT2D eigenvalue weighted by molar-refractivity contribution is 6.18. The van der Waals surface area contributed by atoms with Crippen LogP contribution in [0.15, 0.2) is 170 Å². The third kappa shape index (κ3) is 4.59. The van der Waals surface area contributed by atoms with Crippen LogP contribution >= 0.6 is 0 Å². The number of aromatic nitrogens is 5. The second kappa shape index (κ2) is 11.5. The van der Waals surface area contributed by atoms with Gasteiger partial charge in [0.1, 0.15) is 11.5 Å². The summed E-state index contributed by atoms with van der Waals surface area (Å²) in [7, 11) is 0. The standard InChI is InChI=1S/C45H31N5/c1-4-15-30(16-5-1)38-29-39(31-17-6-2-7-18-31)48-45(47-38)37-23-14-26-44(46-37)50-41-25-13-11-22-34(41)36-27-42-35(28-43(36)50)33-21-10-12-24-40(33)49(42)32-19-8-3-9-20-32/h1-17,19-29,31H,18H2. The van der Waals surface area contributed by atoms with Gasteiger partial charge in [0, 0.05) is 38.7 Å². The SMILES string of the molecule is C1=CCC(c2cc(-c3ccccc3)nc(-c3cccc(-n4c5ccccc5c5cc6c(cc54)c4ccccc4n6-c4ccccc4)n3)n2)C=C1. The van der Waals surface area contributed by atoms with Crippen molar-refractivity contribution in [3.63, 3.8) is 0 Å². The molecule has 5 aromatic carbocycles. The van der Waals surface area contributed by atoms with Crippen LogP contribution in [0.5, 0.6) is 0 Å². The third-order valence-corrected chi connectivity index (χ3v) is 9.85. The van der Waals surface area contributed by atoms with Gasteiger partial charge in [-0.15, -0.1) is 0 Å². The summed E-state index contributed by atoms with van der Waals surface area (Å²) in [6.45, 7) is 0. The average molecular weight is 642 g/mol. The second-order valence-corrected chi connectivity index (χ2v) is 12.8. The Balaban J connectivity index is 1.20. The number of benzene rings is 5. The Bertz CT molecular complexity index is 2790. The minimum Gasteiger partial charge on any atom is -0.309 e. The van der Waals surface area contributed by atoms with E-state index in [0.717, 1.165) is 51.6 Å². The van der Waals surface area contributed by atoms with Gasteiger partial charge in [-0.05, 0) is 61.0 Å². The minimum atomic E-state index is 0.185. The fraction of sp³-hybridized carbons (Fsp3) is 0.0444. The molecule has 0 fully saturated rings. The molecule has 1 aliphatic rings. The largest absolute Gasteiger partial charge is 0.309 e. The second-order valence-electron chi connectivity index (χ2n) is 12.8. The first-order chi connectivity index (χ1) is 24.8. The first-order valence-corrected chi connectivity index (χ1v) is 17.1. The molecule has 4 heterocycles. The summed E-state index contributed by atoms with van der Waals surface area (Å²) in [5.41, 5.74) is 9.42. The lowest BCUT2D eigenvalue weighted by Crippen LogP contribution is -2.05. The highest BCUT2D eigenvalue weighted by atomic mass is 15.1. The van der Waals surface area contributed by atoms with E-state index in [4.69, 9.17) is 15.0 Å². The van der Waals surface area contributed by atoms with Gasteiger partial charge in [0.2, 0.25) is 0 Å². The summed E-state index contributed by atoms with van der Waals surface area (Å²) in [5, 5.41) is 4.79. The van der Waals surface area contributed by atoms with Crippen molar-refractivity contribution in [1.29, 1.82) is 0 Å². The van der Waals surface area contributed by atoms with Crippen molar-refractivity contribution in [3.8, 4) is 34.3 Å². The molecule has 1 unspecified atom stereocenters. The zero-order valence-corrected chi connectivity index (χ0v) is 27.2. The van der Waals surface area contributed by atoms with E-state index >= 15 is 0 Å². The molecule has 0 bridgehead atoms. The van der Waals surface area contributed by atoms with Crippen molar-refractivity contribution in [3.05, 3.63) is 176 Å². The van der Waals surface area contributed by atoms with Gasteiger partial charge in [-0.2, -0.15) is 0 Å². The maximum absolute atomic E-state index is 5.30. The Hall–Kier alpha value is -6.59. The van der Waals surface area contributed by atoms with E-state index in [1.807, 2.05) is 12.1 Å².